The molecule has 4 rings (SSSR count). The number of hydrogen-bond acceptors (Lipinski definition) is 6. The minimum atomic E-state index is -0.371. The van der Waals surface area contributed by atoms with Crippen LogP contribution < -0.4 is 0 Å². The van der Waals surface area contributed by atoms with Gasteiger partial charge in [0.15, 0.2) is 0 Å². The lowest BCUT2D eigenvalue weighted by molar-refractivity contribution is 0.147. The first-order valence-corrected chi connectivity index (χ1v) is 8.40. The van der Waals surface area contributed by atoms with E-state index in [0.717, 1.165) is 63.5 Å². The summed E-state index contributed by atoms with van der Waals surface area (Å²) in [5.41, 5.74) is 2.07. The summed E-state index contributed by atoms with van der Waals surface area (Å²) in [6.45, 7) is 6.59. The molecule has 3 heterocycles. The van der Waals surface area contributed by atoms with E-state index in [4.69, 9.17) is 0 Å². The number of aromatic nitrogens is 6. The Bertz CT molecular complexity index is 675. The molecule has 8 heteroatoms. The predicted octanol–water partition coefficient (Wildman–Crippen LogP) is 0.527. The SMILES string of the molecule is Cc1nnnn1CCCN1CCn2nc([C@@H](O)C3CC3)cc2C1. The first-order valence-electron chi connectivity index (χ1n) is 8.40. The summed E-state index contributed by atoms with van der Waals surface area (Å²) in [6.07, 6.45) is 2.92. The van der Waals surface area contributed by atoms with Crippen molar-refractivity contribution >= 4 is 0 Å². The number of tetrazole rings is 1. The van der Waals surface area contributed by atoms with Crippen molar-refractivity contribution in [2.75, 3.05) is 13.1 Å². The van der Waals surface area contributed by atoms with Crippen molar-refractivity contribution in [1.29, 1.82) is 0 Å². The lowest BCUT2D eigenvalue weighted by atomic mass is 10.1. The van der Waals surface area contributed by atoms with E-state index in [1.165, 1.54) is 5.69 Å². The Labute approximate surface area is 135 Å². The Hall–Kier alpha value is -1.80. The Balaban J connectivity index is 1.32. The Morgan fingerprint density at radius 3 is 2.91 bits per heavy atom. The van der Waals surface area contributed by atoms with Gasteiger partial charge >= 0.3 is 0 Å². The van der Waals surface area contributed by atoms with Gasteiger partial charge in [-0.05, 0) is 48.6 Å². The minimum Gasteiger partial charge on any atom is -0.386 e. The first kappa shape index (κ1) is 14.8. The Kier molecular flexibility index (Phi) is 3.86. The fraction of sp³-hybridized carbons (Fsp3) is 0.733. The van der Waals surface area contributed by atoms with Crippen LogP contribution in [0.15, 0.2) is 6.07 Å². The number of fused-ring (bicyclic) bond motifs is 1. The van der Waals surface area contributed by atoms with Gasteiger partial charge in [0.25, 0.3) is 0 Å². The van der Waals surface area contributed by atoms with Crippen LogP contribution in [0.25, 0.3) is 0 Å². The molecule has 8 nitrogen and oxygen atoms in total. The topological polar surface area (TPSA) is 84.9 Å². The van der Waals surface area contributed by atoms with Crippen LogP contribution >= 0.6 is 0 Å². The molecule has 23 heavy (non-hydrogen) atoms. The molecule has 0 aromatic carbocycles. The largest absolute Gasteiger partial charge is 0.386 e. The molecule has 0 unspecified atom stereocenters. The molecule has 2 aromatic rings. The fourth-order valence-electron chi connectivity index (χ4n) is 3.23. The van der Waals surface area contributed by atoms with E-state index in [-0.39, 0.29) is 6.10 Å². The lowest BCUT2D eigenvalue weighted by Crippen LogP contribution is -2.34. The zero-order valence-electron chi connectivity index (χ0n) is 13.5. The summed E-state index contributed by atoms with van der Waals surface area (Å²) in [6, 6.07) is 2.08. The molecule has 0 saturated heterocycles. The van der Waals surface area contributed by atoms with Gasteiger partial charge in [-0.15, -0.1) is 5.10 Å². The minimum absolute atomic E-state index is 0.371. The summed E-state index contributed by atoms with van der Waals surface area (Å²) < 4.78 is 3.90. The van der Waals surface area contributed by atoms with Gasteiger partial charge in [-0.3, -0.25) is 9.58 Å². The second-order valence-corrected chi connectivity index (χ2v) is 6.64. The van der Waals surface area contributed by atoms with Crippen LogP contribution in [0.1, 0.15) is 42.6 Å². The monoisotopic (exact) mass is 317 g/mol. The standard InChI is InChI=1S/C15H23N7O/c1-11-16-18-19-21(11)6-2-5-20-7-8-22-13(10-20)9-14(17-22)15(23)12-3-4-12/h9,12,15,23H,2-8,10H2,1H3/t15-/m0/s1. The van der Waals surface area contributed by atoms with E-state index < -0.39 is 0 Å². The van der Waals surface area contributed by atoms with Crippen molar-refractivity contribution in [2.45, 2.75) is 51.9 Å². The maximum atomic E-state index is 10.2. The molecule has 1 fully saturated rings. The predicted molar refractivity (Wildman–Crippen MR) is 82.4 cm³/mol. The Morgan fingerprint density at radius 1 is 1.30 bits per heavy atom. The molecule has 1 atom stereocenters. The average Bonchev–Trinajstić information content (AvgIpc) is 3.19. The smallest absolute Gasteiger partial charge is 0.148 e. The first-order chi connectivity index (χ1) is 11.2. The van der Waals surface area contributed by atoms with Gasteiger partial charge in [-0.1, -0.05) is 0 Å². The highest BCUT2D eigenvalue weighted by Crippen LogP contribution is 2.40. The molecule has 2 aliphatic rings. The number of aryl methyl sites for hydroxylation is 2. The zero-order chi connectivity index (χ0) is 15.8. The molecule has 0 radical (unpaired) electrons. The summed E-state index contributed by atoms with van der Waals surface area (Å²) in [5, 5.41) is 26.4. The molecule has 1 aliphatic heterocycles. The molecule has 0 spiro atoms. The van der Waals surface area contributed by atoms with E-state index in [2.05, 4.69) is 36.3 Å². The molecule has 1 saturated carbocycles. The van der Waals surface area contributed by atoms with Crippen LogP contribution in [0.2, 0.25) is 0 Å². The van der Waals surface area contributed by atoms with Crippen molar-refractivity contribution in [3.05, 3.63) is 23.3 Å². The second-order valence-electron chi connectivity index (χ2n) is 6.64. The quantitative estimate of drug-likeness (QED) is 0.836. The van der Waals surface area contributed by atoms with Gasteiger partial charge in [0, 0.05) is 26.2 Å². The van der Waals surface area contributed by atoms with Crippen molar-refractivity contribution in [1.82, 2.24) is 34.9 Å². The van der Waals surface area contributed by atoms with E-state index in [9.17, 15) is 5.11 Å². The second kappa shape index (κ2) is 6.01. The van der Waals surface area contributed by atoms with Crippen molar-refractivity contribution in [2.24, 2.45) is 5.92 Å². The van der Waals surface area contributed by atoms with Gasteiger partial charge < -0.3 is 5.11 Å². The van der Waals surface area contributed by atoms with Crippen LogP contribution in [-0.4, -0.2) is 53.1 Å². The molecule has 1 aliphatic carbocycles. The van der Waals surface area contributed by atoms with Gasteiger partial charge in [0.2, 0.25) is 0 Å². The molecular formula is C15H23N7O. The van der Waals surface area contributed by atoms with Crippen molar-refractivity contribution < 1.29 is 5.11 Å². The van der Waals surface area contributed by atoms with E-state index in [1.54, 1.807) is 0 Å². The molecule has 2 aromatic heterocycles. The highest BCUT2D eigenvalue weighted by atomic mass is 16.3. The maximum absolute atomic E-state index is 10.2. The number of hydrogen-bond donors (Lipinski definition) is 1. The van der Waals surface area contributed by atoms with Gasteiger partial charge in [0.1, 0.15) is 11.9 Å². The number of rotatable bonds is 6. The average molecular weight is 317 g/mol. The van der Waals surface area contributed by atoms with Crippen LogP contribution in [0, 0.1) is 12.8 Å². The highest BCUT2D eigenvalue weighted by Gasteiger charge is 2.33. The van der Waals surface area contributed by atoms with Crippen LogP contribution in [0.4, 0.5) is 0 Å². The normalized spacial score (nSPS) is 19.7. The van der Waals surface area contributed by atoms with Gasteiger partial charge in [-0.2, -0.15) is 5.10 Å². The van der Waals surface area contributed by atoms with Crippen molar-refractivity contribution in [3.63, 3.8) is 0 Å². The zero-order valence-corrected chi connectivity index (χ0v) is 13.5. The van der Waals surface area contributed by atoms with E-state index >= 15 is 0 Å². The third kappa shape index (κ3) is 3.13. The third-order valence-electron chi connectivity index (χ3n) is 4.82. The lowest BCUT2D eigenvalue weighted by Gasteiger charge is -2.27. The third-order valence-corrected chi connectivity index (χ3v) is 4.82. The maximum Gasteiger partial charge on any atom is 0.148 e. The number of aliphatic hydroxyl groups is 1. The summed E-state index contributed by atoms with van der Waals surface area (Å²) >= 11 is 0. The summed E-state index contributed by atoms with van der Waals surface area (Å²) in [7, 11) is 0. The van der Waals surface area contributed by atoms with Crippen LogP contribution in [0.3, 0.4) is 0 Å². The van der Waals surface area contributed by atoms with Gasteiger partial charge in [-0.25, -0.2) is 4.68 Å². The fourth-order valence-corrected chi connectivity index (χ4v) is 3.23. The molecule has 0 amide bonds. The summed E-state index contributed by atoms with van der Waals surface area (Å²) in [4.78, 5) is 2.43. The van der Waals surface area contributed by atoms with Crippen molar-refractivity contribution in [3.8, 4) is 0 Å². The molecule has 0 bridgehead atoms. The molecular weight excluding hydrogens is 294 g/mol. The van der Waals surface area contributed by atoms with Gasteiger partial charge in [0.05, 0.1) is 17.9 Å². The highest BCUT2D eigenvalue weighted by molar-refractivity contribution is 5.16. The van der Waals surface area contributed by atoms with Crippen LogP contribution in [-0.2, 0) is 19.6 Å². The molecule has 124 valence electrons. The van der Waals surface area contributed by atoms with E-state index in [1.807, 2.05) is 11.6 Å². The Morgan fingerprint density at radius 2 is 2.17 bits per heavy atom. The molecule has 1 N–H and O–H groups in total. The van der Waals surface area contributed by atoms with Crippen LogP contribution in [0.5, 0.6) is 0 Å². The summed E-state index contributed by atoms with van der Waals surface area (Å²) in [5.74, 6) is 1.29. The number of nitrogens with zero attached hydrogens (tertiary/aromatic N) is 7. The van der Waals surface area contributed by atoms with E-state index in [0.29, 0.717) is 5.92 Å². The number of aliphatic hydroxyl groups excluding tert-OH is 1.